The van der Waals surface area contributed by atoms with Crippen molar-refractivity contribution in [2.75, 3.05) is 19.8 Å². The fourth-order valence-corrected chi connectivity index (χ4v) is 1.72. The van der Waals surface area contributed by atoms with E-state index in [9.17, 15) is 0 Å². The van der Waals surface area contributed by atoms with Crippen LogP contribution in [-0.2, 0) is 11.3 Å². The van der Waals surface area contributed by atoms with Gasteiger partial charge in [0, 0.05) is 42.2 Å². The van der Waals surface area contributed by atoms with E-state index in [2.05, 4.69) is 44.9 Å². The summed E-state index contributed by atoms with van der Waals surface area (Å²) in [5.74, 6) is 1.45. The molecule has 0 atom stereocenters. The van der Waals surface area contributed by atoms with Gasteiger partial charge in [-0.25, -0.2) is 0 Å². The minimum absolute atomic E-state index is 0.0720. The Labute approximate surface area is 129 Å². The van der Waals surface area contributed by atoms with Crippen LogP contribution in [0.3, 0.4) is 0 Å². The number of ether oxygens (including phenoxy) is 2. The number of nitrogens with one attached hydrogen (secondary N) is 1. The molecule has 0 saturated carbocycles. The van der Waals surface area contributed by atoms with Crippen LogP contribution in [0.2, 0.25) is 0 Å². The Bertz CT molecular complexity index is 425. The SMILES string of the molecule is Cc1cc(OCCOCC(C)C)c(CNC(C)(C)C)cn1. The Hall–Kier alpha value is -1.13. The average Bonchev–Trinajstić information content (AvgIpc) is 2.36. The number of rotatable bonds is 8. The third-order valence-corrected chi connectivity index (χ3v) is 2.83. The molecule has 4 heteroatoms. The smallest absolute Gasteiger partial charge is 0.127 e. The van der Waals surface area contributed by atoms with Gasteiger partial charge in [-0.1, -0.05) is 13.8 Å². The number of pyridine rings is 1. The molecule has 0 spiro atoms. The predicted octanol–water partition coefficient (Wildman–Crippen LogP) is 3.33. The van der Waals surface area contributed by atoms with Gasteiger partial charge in [0.1, 0.15) is 12.4 Å². The summed E-state index contributed by atoms with van der Waals surface area (Å²) in [6.45, 7) is 15.4. The first kappa shape index (κ1) is 17.9. The molecule has 1 N–H and O–H groups in total. The van der Waals surface area contributed by atoms with Crippen LogP contribution in [-0.4, -0.2) is 30.3 Å². The Morgan fingerprint density at radius 3 is 2.57 bits per heavy atom. The van der Waals surface area contributed by atoms with Crippen molar-refractivity contribution in [1.82, 2.24) is 10.3 Å². The molecule has 0 fully saturated rings. The number of hydrogen-bond acceptors (Lipinski definition) is 4. The summed E-state index contributed by atoms with van der Waals surface area (Å²) >= 11 is 0. The van der Waals surface area contributed by atoms with Crippen LogP contribution in [0.15, 0.2) is 12.3 Å². The largest absolute Gasteiger partial charge is 0.491 e. The first-order valence-electron chi connectivity index (χ1n) is 7.69. The van der Waals surface area contributed by atoms with Crippen LogP contribution >= 0.6 is 0 Å². The van der Waals surface area contributed by atoms with E-state index in [-0.39, 0.29) is 5.54 Å². The maximum Gasteiger partial charge on any atom is 0.127 e. The molecule has 0 bridgehead atoms. The fraction of sp³-hybridized carbons (Fsp3) is 0.706. The third-order valence-electron chi connectivity index (χ3n) is 2.83. The first-order chi connectivity index (χ1) is 9.78. The maximum atomic E-state index is 5.86. The quantitative estimate of drug-likeness (QED) is 0.747. The second-order valence-electron chi connectivity index (χ2n) is 6.85. The van der Waals surface area contributed by atoms with Gasteiger partial charge in [0.15, 0.2) is 0 Å². The van der Waals surface area contributed by atoms with Crippen molar-refractivity contribution in [2.24, 2.45) is 5.92 Å². The molecule has 1 rings (SSSR count). The summed E-state index contributed by atoms with van der Waals surface area (Å²) in [5.41, 5.74) is 2.12. The molecule has 4 nitrogen and oxygen atoms in total. The van der Waals surface area contributed by atoms with Crippen LogP contribution < -0.4 is 10.1 Å². The predicted molar refractivity (Wildman–Crippen MR) is 86.7 cm³/mol. The molecule has 0 saturated heterocycles. The van der Waals surface area contributed by atoms with E-state index in [4.69, 9.17) is 9.47 Å². The van der Waals surface area contributed by atoms with Crippen molar-refractivity contribution in [2.45, 2.75) is 53.6 Å². The van der Waals surface area contributed by atoms with Gasteiger partial charge < -0.3 is 14.8 Å². The number of aryl methyl sites for hydroxylation is 1. The molecule has 0 unspecified atom stereocenters. The molecule has 1 aromatic heterocycles. The second-order valence-corrected chi connectivity index (χ2v) is 6.85. The molecule has 1 aromatic rings. The lowest BCUT2D eigenvalue weighted by Gasteiger charge is -2.21. The summed E-state index contributed by atoms with van der Waals surface area (Å²) in [6.07, 6.45) is 1.89. The van der Waals surface area contributed by atoms with E-state index in [1.807, 2.05) is 19.2 Å². The molecule has 0 aliphatic rings. The van der Waals surface area contributed by atoms with E-state index in [1.54, 1.807) is 0 Å². The lowest BCUT2D eigenvalue weighted by molar-refractivity contribution is 0.0815. The van der Waals surface area contributed by atoms with Crippen molar-refractivity contribution in [1.29, 1.82) is 0 Å². The van der Waals surface area contributed by atoms with Crippen LogP contribution in [0.4, 0.5) is 0 Å². The van der Waals surface area contributed by atoms with Gasteiger partial charge in [-0.05, 0) is 33.6 Å². The summed E-state index contributed by atoms with van der Waals surface area (Å²) in [5, 5.41) is 3.46. The zero-order valence-corrected chi connectivity index (χ0v) is 14.3. The molecule has 1 heterocycles. The van der Waals surface area contributed by atoms with Crippen molar-refractivity contribution in [3.63, 3.8) is 0 Å². The van der Waals surface area contributed by atoms with Crippen molar-refractivity contribution in [3.8, 4) is 5.75 Å². The number of hydrogen-bond donors (Lipinski definition) is 1. The first-order valence-corrected chi connectivity index (χ1v) is 7.69. The average molecular weight is 294 g/mol. The molecule has 0 amide bonds. The van der Waals surface area contributed by atoms with Gasteiger partial charge in [0.2, 0.25) is 0 Å². The van der Waals surface area contributed by atoms with Gasteiger partial charge in [0.25, 0.3) is 0 Å². The monoisotopic (exact) mass is 294 g/mol. The third kappa shape index (κ3) is 8.02. The normalized spacial score (nSPS) is 12.0. The van der Waals surface area contributed by atoms with E-state index >= 15 is 0 Å². The highest BCUT2D eigenvalue weighted by atomic mass is 16.5. The molecule has 0 aliphatic heterocycles. The van der Waals surface area contributed by atoms with Gasteiger partial charge in [-0.15, -0.1) is 0 Å². The standard InChI is InChI=1S/C17H30N2O2/c1-13(2)12-20-7-8-21-16-9-14(3)18-10-15(16)11-19-17(4,5)6/h9-10,13,19H,7-8,11-12H2,1-6H3. The number of aromatic nitrogens is 1. The van der Waals surface area contributed by atoms with E-state index < -0.39 is 0 Å². The summed E-state index contributed by atoms with van der Waals surface area (Å²) in [6, 6.07) is 1.99. The summed E-state index contributed by atoms with van der Waals surface area (Å²) < 4.78 is 11.4. The van der Waals surface area contributed by atoms with Crippen molar-refractivity contribution in [3.05, 3.63) is 23.5 Å². The van der Waals surface area contributed by atoms with Crippen LogP contribution in [0.25, 0.3) is 0 Å². The maximum absolute atomic E-state index is 5.86. The van der Waals surface area contributed by atoms with Gasteiger partial charge in [-0.2, -0.15) is 0 Å². The zero-order valence-electron chi connectivity index (χ0n) is 14.3. The zero-order chi connectivity index (χ0) is 15.9. The minimum Gasteiger partial charge on any atom is -0.491 e. The highest BCUT2D eigenvalue weighted by Crippen LogP contribution is 2.19. The van der Waals surface area contributed by atoms with Crippen LogP contribution in [0.5, 0.6) is 5.75 Å². The molecular formula is C17H30N2O2. The molecule has 0 aromatic carbocycles. The summed E-state index contributed by atoms with van der Waals surface area (Å²) in [4.78, 5) is 4.36. The molecule has 0 radical (unpaired) electrons. The van der Waals surface area contributed by atoms with Gasteiger partial charge >= 0.3 is 0 Å². The van der Waals surface area contributed by atoms with E-state index in [1.165, 1.54) is 0 Å². The van der Waals surface area contributed by atoms with Crippen molar-refractivity contribution < 1.29 is 9.47 Å². The lowest BCUT2D eigenvalue weighted by Crippen LogP contribution is -2.35. The molecule has 0 aliphatic carbocycles. The molecular weight excluding hydrogens is 264 g/mol. The lowest BCUT2D eigenvalue weighted by atomic mass is 10.1. The Morgan fingerprint density at radius 2 is 1.95 bits per heavy atom. The van der Waals surface area contributed by atoms with Gasteiger partial charge in [-0.3, -0.25) is 4.98 Å². The fourth-order valence-electron chi connectivity index (χ4n) is 1.72. The van der Waals surface area contributed by atoms with Crippen molar-refractivity contribution >= 4 is 0 Å². The Kier molecular flexibility index (Phi) is 7.12. The Balaban J connectivity index is 2.52. The highest BCUT2D eigenvalue weighted by molar-refractivity contribution is 5.32. The van der Waals surface area contributed by atoms with E-state index in [0.717, 1.165) is 30.2 Å². The van der Waals surface area contributed by atoms with Gasteiger partial charge in [0.05, 0.1) is 6.61 Å². The second kappa shape index (κ2) is 8.35. The highest BCUT2D eigenvalue weighted by Gasteiger charge is 2.11. The number of nitrogens with zero attached hydrogens (tertiary/aromatic N) is 1. The topological polar surface area (TPSA) is 43.4 Å². The van der Waals surface area contributed by atoms with E-state index in [0.29, 0.717) is 19.1 Å². The molecule has 120 valence electrons. The van der Waals surface area contributed by atoms with Crippen LogP contribution in [0.1, 0.15) is 45.9 Å². The molecule has 21 heavy (non-hydrogen) atoms. The van der Waals surface area contributed by atoms with Crippen LogP contribution in [0, 0.1) is 12.8 Å². The minimum atomic E-state index is 0.0720. The summed E-state index contributed by atoms with van der Waals surface area (Å²) in [7, 11) is 0. The Morgan fingerprint density at radius 1 is 1.24 bits per heavy atom.